The van der Waals surface area contributed by atoms with Crippen molar-refractivity contribution in [3.8, 4) is 5.75 Å². The first kappa shape index (κ1) is 20.2. The normalized spacial score (nSPS) is 8.79. The molecule has 0 atom stereocenters. The molecule has 0 unspecified atom stereocenters. The summed E-state index contributed by atoms with van der Waals surface area (Å²) in [4.78, 5) is 0. The molecule has 5 N–H and O–H groups in total. The molecule has 0 fully saturated rings. The Bertz CT molecular complexity index is 388. The predicted octanol–water partition coefficient (Wildman–Crippen LogP) is 2.00. The minimum atomic E-state index is 0. The quantitative estimate of drug-likeness (QED) is 0.495. The SMILES string of the molecule is CCNC(=N)Nc1ccc(CCN)c(OC)c1.Cl.Cl. The van der Waals surface area contributed by atoms with E-state index in [4.69, 9.17) is 15.9 Å². The number of ether oxygens (including phenoxy) is 1. The van der Waals surface area contributed by atoms with Crippen LogP contribution in [0.25, 0.3) is 0 Å². The van der Waals surface area contributed by atoms with Crippen LogP contribution in [0.5, 0.6) is 5.75 Å². The van der Waals surface area contributed by atoms with Gasteiger partial charge in [0.25, 0.3) is 0 Å². The van der Waals surface area contributed by atoms with Gasteiger partial charge in [-0.05, 0) is 31.5 Å². The van der Waals surface area contributed by atoms with Crippen molar-refractivity contribution in [2.45, 2.75) is 13.3 Å². The predicted molar refractivity (Wildman–Crippen MR) is 85.3 cm³/mol. The molecule has 110 valence electrons. The molecule has 0 heterocycles. The molecule has 0 aliphatic rings. The first-order valence-corrected chi connectivity index (χ1v) is 5.67. The first-order chi connectivity index (χ1) is 8.21. The second kappa shape index (κ2) is 10.7. The largest absolute Gasteiger partial charge is 0.496 e. The Morgan fingerprint density at radius 3 is 2.58 bits per heavy atom. The number of hydrogen-bond acceptors (Lipinski definition) is 3. The zero-order valence-electron chi connectivity index (χ0n) is 11.2. The van der Waals surface area contributed by atoms with Crippen LogP contribution in [0.3, 0.4) is 0 Å². The maximum atomic E-state index is 7.61. The number of hydrogen-bond donors (Lipinski definition) is 4. The lowest BCUT2D eigenvalue weighted by Crippen LogP contribution is -2.29. The lowest BCUT2D eigenvalue weighted by Gasteiger charge is -2.12. The fourth-order valence-corrected chi connectivity index (χ4v) is 1.55. The fourth-order valence-electron chi connectivity index (χ4n) is 1.55. The molecule has 1 aromatic rings. The molecule has 0 aromatic heterocycles. The molecular formula is C12H22Cl2N4O. The molecule has 0 saturated heterocycles. The van der Waals surface area contributed by atoms with Crippen LogP contribution in [-0.2, 0) is 6.42 Å². The zero-order valence-corrected chi connectivity index (χ0v) is 12.8. The van der Waals surface area contributed by atoms with E-state index in [1.165, 1.54) is 0 Å². The third-order valence-corrected chi connectivity index (χ3v) is 2.32. The minimum absolute atomic E-state index is 0. The van der Waals surface area contributed by atoms with Crippen LogP contribution in [-0.4, -0.2) is 26.2 Å². The number of nitrogens with one attached hydrogen (secondary N) is 3. The van der Waals surface area contributed by atoms with Gasteiger partial charge < -0.3 is 21.1 Å². The molecule has 0 amide bonds. The highest BCUT2D eigenvalue weighted by molar-refractivity contribution is 5.91. The maximum absolute atomic E-state index is 7.61. The summed E-state index contributed by atoms with van der Waals surface area (Å²) in [6.07, 6.45) is 0.786. The van der Waals surface area contributed by atoms with Crippen molar-refractivity contribution in [2.24, 2.45) is 5.73 Å². The van der Waals surface area contributed by atoms with E-state index in [-0.39, 0.29) is 30.8 Å². The zero-order chi connectivity index (χ0) is 12.7. The molecule has 19 heavy (non-hydrogen) atoms. The topological polar surface area (TPSA) is 83.2 Å². The van der Waals surface area contributed by atoms with Gasteiger partial charge in [0.1, 0.15) is 5.75 Å². The van der Waals surface area contributed by atoms with E-state index in [2.05, 4.69) is 10.6 Å². The summed E-state index contributed by atoms with van der Waals surface area (Å²) in [5.74, 6) is 1.07. The summed E-state index contributed by atoms with van der Waals surface area (Å²) in [6, 6.07) is 5.75. The lowest BCUT2D eigenvalue weighted by molar-refractivity contribution is 0.410. The summed E-state index contributed by atoms with van der Waals surface area (Å²) in [5.41, 5.74) is 7.43. The smallest absolute Gasteiger partial charge is 0.192 e. The number of benzene rings is 1. The number of anilines is 1. The molecule has 0 spiro atoms. The van der Waals surface area contributed by atoms with E-state index in [1.807, 2.05) is 25.1 Å². The van der Waals surface area contributed by atoms with Crippen LogP contribution in [0.2, 0.25) is 0 Å². The Hall–Kier alpha value is -1.17. The summed E-state index contributed by atoms with van der Waals surface area (Å²) in [6.45, 7) is 3.26. The summed E-state index contributed by atoms with van der Waals surface area (Å²) < 4.78 is 5.29. The van der Waals surface area contributed by atoms with E-state index >= 15 is 0 Å². The molecule has 0 radical (unpaired) electrons. The average Bonchev–Trinajstić information content (AvgIpc) is 2.31. The van der Waals surface area contributed by atoms with Crippen molar-refractivity contribution in [3.05, 3.63) is 23.8 Å². The number of methoxy groups -OCH3 is 1. The minimum Gasteiger partial charge on any atom is -0.496 e. The molecule has 0 bridgehead atoms. The molecule has 0 aliphatic heterocycles. The molecule has 0 aliphatic carbocycles. The standard InChI is InChI=1S/C12H20N4O.2ClH/c1-3-15-12(14)16-10-5-4-9(6-7-13)11(8-10)17-2;;/h4-5,8H,3,6-7,13H2,1-2H3,(H3,14,15,16);2*1H. The van der Waals surface area contributed by atoms with E-state index in [0.717, 1.165) is 23.4 Å². The van der Waals surface area contributed by atoms with Gasteiger partial charge in [-0.1, -0.05) is 6.07 Å². The Morgan fingerprint density at radius 1 is 1.37 bits per heavy atom. The molecule has 1 rings (SSSR count). The van der Waals surface area contributed by atoms with Gasteiger partial charge in [0.15, 0.2) is 5.96 Å². The first-order valence-electron chi connectivity index (χ1n) is 5.67. The Kier molecular flexibility index (Phi) is 11.4. The van der Waals surface area contributed by atoms with Crippen LogP contribution in [0.4, 0.5) is 5.69 Å². The highest BCUT2D eigenvalue weighted by atomic mass is 35.5. The van der Waals surface area contributed by atoms with Gasteiger partial charge >= 0.3 is 0 Å². The number of halogens is 2. The van der Waals surface area contributed by atoms with E-state index in [9.17, 15) is 0 Å². The van der Waals surface area contributed by atoms with Crippen LogP contribution in [0, 0.1) is 5.41 Å². The molecule has 5 nitrogen and oxygen atoms in total. The van der Waals surface area contributed by atoms with Crippen molar-refractivity contribution in [3.63, 3.8) is 0 Å². The summed E-state index contributed by atoms with van der Waals surface area (Å²) in [5, 5.41) is 13.4. The van der Waals surface area contributed by atoms with Gasteiger partial charge in [0, 0.05) is 18.3 Å². The van der Waals surface area contributed by atoms with Crippen molar-refractivity contribution in [1.82, 2.24) is 5.32 Å². The van der Waals surface area contributed by atoms with Gasteiger partial charge in [-0.15, -0.1) is 24.8 Å². The van der Waals surface area contributed by atoms with Crippen molar-refractivity contribution in [1.29, 1.82) is 5.41 Å². The number of guanidine groups is 1. The van der Waals surface area contributed by atoms with Crippen molar-refractivity contribution >= 4 is 36.5 Å². The average molecular weight is 309 g/mol. The Labute approximate surface area is 126 Å². The van der Waals surface area contributed by atoms with Gasteiger partial charge in [-0.3, -0.25) is 5.41 Å². The van der Waals surface area contributed by atoms with Crippen LogP contribution >= 0.6 is 24.8 Å². The maximum Gasteiger partial charge on any atom is 0.192 e. The second-order valence-electron chi connectivity index (χ2n) is 3.60. The molecule has 1 aromatic carbocycles. The van der Waals surface area contributed by atoms with Crippen molar-refractivity contribution < 1.29 is 4.74 Å². The van der Waals surface area contributed by atoms with E-state index in [0.29, 0.717) is 13.1 Å². The molecule has 7 heteroatoms. The third-order valence-electron chi connectivity index (χ3n) is 2.32. The number of rotatable bonds is 5. The van der Waals surface area contributed by atoms with Gasteiger partial charge in [0.05, 0.1) is 7.11 Å². The Balaban J connectivity index is 0. The van der Waals surface area contributed by atoms with Crippen molar-refractivity contribution in [2.75, 3.05) is 25.5 Å². The highest BCUT2D eigenvalue weighted by Crippen LogP contribution is 2.23. The van der Waals surface area contributed by atoms with Crippen LogP contribution in [0.1, 0.15) is 12.5 Å². The van der Waals surface area contributed by atoms with Crippen LogP contribution in [0.15, 0.2) is 18.2 Å². The number of nitrogens with two attached hydrogens (primary N) is 1. The highest BCUT2D eigenvalue weighted by Gasteiger charge is 2.04. The monoisotopic (exact) mass is 308 g/mol. The second-order valence-corrected chi connectivity index (χ2v) is 3.60. The summed E-state index contributed by atoms with van der Waals surface area (Å²) in [7, 11) is 1.63. The van der Waals surface area contributed by atoms with E-state index in [1.54, 1.807) is 7.11 Å². The Morgan fingerprint density at radius 2 is 2.05 bits per heavy atom. The van der Waals surface area contributed by atoms with Gasteiger partial charge in [-0.2, -0.15) is 0 Å². The molecule has 0 saturated carbocycles. The third kappa shape index (κ3) is 6.52. The molecular weight excluding hydrogens is 287 g/mol. The van der Waals surface area contributed by atoms with Gasteiger partial charge in [0.2, 0.25) is 0 Å². The lowest BCUT2D eigenvalue weighted by atomic mass is 10.1. The van der Waals surface area contributed by atoms with Gasteiger partial charge in [-0.25, -0.2) is 0 Å². The fraction of sp³-hybridized carbons (Fsp3) is 0.417. The van der Waals surface area contributed by atoms with E-state index < -0.39 is 0 Å². The van der Waals surface area contributed by atoms with Crippen LogP contribution < -0.4 is 21.1 Å². The summed E-state index contributed by atoms with van der Waals surface area (Å²) >= 11 is 0.